The van der Waals surface area contributed by atoms with Gasteiger partial charge in [0, 0.05) is 12.1 Å². The average molecular weight is 338 g/mol. The fourth-order valence-corrected chi connectivity index (χ4v) is 3.29. The van der Waals surface area contributed by atoms with Gasteiger partial charge in [-0.15, -0.1) is 0 Å². The highest BCUT2D eigenvalue weighted by atomic mass is 16.1. The molecule has 1 saturated carbocycles. The lowest BCUT2D eigenvalue weighted by Gasteiger charge is -2.17. The van der Waals surface area contributed by atoms with Crippen LogP contribution in [-0.4, -0.2) is 21.9 Å². The van der Waals surface area contributed by atoms with E-state index in [1.807, 2.05) is 37.3 Å². The molecule has 5 heteroatoms. The first-order valence-corrected chi connectivity index (χ1v) is 9.17. The zero-order chi connectivity index (χ0) is 17.5. The van der Waals surface area contributed by atoms with Crippen molar-refractivity contribution in [3.63, 3.8) is 0 Å². The smallest absolute Gasteiger partial charge is 0.270 e. The number of hydrogen-bond acceptors (Lipinski definition) is 4. The topological polar surface area (TPSA) is 66.9 Å². The predicted octanol–water partition coefficient (Wildman–Crippen LogP) is 4.10. The summed E-state index contributed by atoms with van der Waals surface area (Å²) < 4.78 is 0. The molecular weight excluding hydrogens is 312 g/mol. The molecular formula is C20H26N4O. The number of amides is 1. The Balaban J connectivity index is 1.63. The summed E-state index contributed by atoms with van der Waals surface area (Å²) in [6.45, 7) is 1.97. The lowest BCUT2D eigenvalue weighted by molar-refractivity contribution is 0.0934. The highest BCUT2D eigenvalue weighted by Crippen LogP contribution is 2.20. The number of anilines is 1. The number of rotatable bonds is 5. The molecule has 3 rings (SSSR count). The summed E-state index contributed by atoms with van der Waals surface area (Å²) >= 11 is 0. The summed E-state index contributed by atoms with van der Waals surface area (Å²) in [7, 11) is 0. The number of aromatic nitrogens is 2. The van der Waals surface area contributed by atoms with Crippen molar-refractivity contribution in [3.8, 4) is 0 Å². The molecule has 0 radical (unpaired) electrons. The highest BCUT2D eigenvalue weighted by Gasteiger charge is 2.16. The molecule has 5 nitrogen and oxygen atoms in total. The number of nitrogens with one attached hydrogen (secondary N) is 2. The quantitative estimate of drug-likeness (QED) is 0.805. The summed E-state index contributed by atoms with van der Waals surface area (Å²) in [5.74, 6) is 0.557. The van der Waals surface area contributed by atoms with Crippen molar-refractivity contribution in [1.82, 2.24) is 15.3 Å². The molecule has 1 aliphatic rings. The molecule has 1 unspecified atom stereocenters. The third-order valence-electron chi connectivity index (χ3n) is 4.75. The molecule has 0 saturated heterocycles. The molecule has 2 aromatic rings. The minimum Gasteiger partial charge on any atom is -0.367 e. The van der Waals surface area contributed by atoms with Crippen LogP contribution in [0.4, 0.5) is 5.82 Å². The van der Waals surface area contributed by atoms with E-state index in [0.717, 1.165) is 24.2 Å². The van der Waals surface area contributed by atoms with Crippen LogP contribution in [0.1, 0.15) is 67.5 Å². The molecule has 1 fully saturated rings. The first-order chi connectivity index (χ1) is 12.2. The zero-order valence-corrected chi connectivity index (χ0v) is 14.7. The lowest BCUT2D eigenvalue weighted by atomic mass is 10.1. The molecule has 1 aromatic carbocycles. The average Bonchev–Trinajstić information content (AvgIpc) is 2.91. The number of nitrogens with zero attached hydrogens (tertiary/aromatic N) is 2. The van der Waals surface area contributed by atoms with E-state index in [2.05, 4.69) is 20.6 Å². The second-order valence-electron chi connectivity index (χ2n) is 6.73. The van der Waals surface area contributed by atoms with Gasteiger partial charge in [0.15, 0.2) is 0 Å². The molecule has 2 N–H and O–H groups in total. The van der Waals surface area contributed by atoms with Gasteiger partial charge in [-0.25, -0.2) is 9.97 Å². The van der Waals surface area contributed by atoms with E-state index < -0.39 is 0 Å². The zero-order valence-electron chi connectivity index (χ0n) is 14.7. The van der Waals surface area contributed by atoms with Gasteiger partial charge in [-0.3, -0.25) is 4.79 Å². The van der Waals surface area contributed by atoms with Crippen LogP contribution < -0.4 is 10.6 Å². The van der Waals surface area contributed by atoms with Gasteiger partial charge in [0.05, 0.1) is 6.04 Å². The van der Waals surface area contributed by atoms with Gasteiger partial charge >= 0.3 is 0 Å². The van der Waals surface area contributed by atoms with Crippen molar-refractivity contribution in [3.05, 3.63) is 54.0 Å². The normalized spacial score (nSPS) is 16.7. The second-order valence-corrected chi connectivity index (χ2v) is 6.73. The molecule has 1 aliphatic carbocycles. The number of hydrogen-bond donors (Lipinski definition) is 2. The SMILES string of the molecule is CC(NC(=O)c1cc(NC2CCCCCC2)ncn1)c1ccccc1. The van der Waals surface area contributed by atoms with E-state index >= 15 is 0 Å². The Kier molecular flexibility index (Phi) is 5.99. The standard InChI is InChI=1S/C20H26N4O/c1-15(16-9-5-4-6-10-16)23-20(25)18-13-19(22-14-21-18)24-17-11-7-2-3-8-12-17/h4-6,9-10,13-15,17H,2-3,7-8,11-12H2,1H3,(H,23,25)(H,21,22,24). The molecule has 0 aliphatic heterocycles. The van der Waals surface area contributed by atoms with Crippen molar-refractivity contribution >= 4 is 11.7 Å². The minimum atomic E-state index is -0.178. The van der Waals surface area contributed by atoms with Crippen LogP contribution >= 0.6 is 0 Å². The summed E-state index contributed by atoms with van der Waals surface area (Å²) in [4.78, 5) is 20.9. The summed E-state index contributed by atoms with van der Waals surface area (Å²) in [5, 5.41) is 6.47. The van der Waals surface area contributed by atoms with Gasteiger partial charge in [0.2, 0.25) is 0 Å². The minimum absolute atomic E-state index is 0.0677. The van der Waals surface area contributed by atoms with Crippen molar-refractivity contribution in [2.75, 3.05) is 5.32 Å². The van der Waals surface area contributed by atoms with Gasteiger partial charge in [-0.2, -0.15) is 0 Å². The maximum absolute atomic E-state index is 12.5. The predicted molar refractivity (Wildman–Crippen MR) is 99.5 cm³/mol. The summed E-state index contributed by atoms with van der Waals surface area (Å²) in [6, 6.07) is 12.0. The van der Waals surface area contributed by atoms with Gasteiger partial charge < -0.3 is 10.6 Å². The summed E-state index contributed by atoms with van der Waals surface area (Å²) in [5.41, 5.74) is 1.47. The van der Waals surface area contributed by atoms with Crippen LogP contribution in [0.5, 0.6) is 0 Å². The summed E-state index contributed by atoms with van der Waals surface area (Å²) in [6.07, 6.45) is 8.92. The molecule has 0 spiro atoms. The molecule has 0 bridgehead atoms. The van der Waals surface area contributed by atoms with Gasteiger partial charge in [0.25, 0.3) is 5.91 Å². The van der Waals surface area contributed by atoms with Crippen LogP contribution in [0.2, 0.25) is 0 Å². The Morgan fingerprint density at radius 2 is 1.80 bits per heavy atom. The Morgan fingerprint density at radius 3 is 2.52 bits per heavy atom. The van der Waals surface area contributed by atoms with E-state index in [9.17, 15) is 4.79 Å². The number of carbonyl (C=O) groups is 1. The molecule has 132 valence electrons. The van der Waals surface area contributed by atoms with Gasteiger partial charge in [0.1, 0.15) is 17.8 Å². The Hall–Kier alpha value is -2.43. The van der Waals surface area contributed by atoms with E-state index in [-0.39, 0.29) is 11.9 Å². The third-order valence-corrected chi connectivity index (χ3v) is 4.75. The van der Waals surface area contributed by atoms with Crippen LogP contribution in [-0.2, 0) is 0 Å². The van der Waals surface area contributed by atoms with Gasteiger partial charge in [-0.1, -0.05) is 56.0 Å². The van der Waals surface area contributed by atoms with Crippen molar-refractivity contribution < 1.29 is 4.79 Å². The van der Waals surface area contributed by atoms with E-state index in [1.54, 1.807) is 6.07 Å². The van der Waals surface area contributed by atoms with Crippen molar-refractivity contribution in [2.45, 2.75) is 57.5 Å². The fraction of sp³-hybridized carbons (Fsp3) is 0.450. The van der Waals surface area contributed by atoms with Gasteiger partial charge in [-0.05, 0) is 25.3 Å². The monoisotopic (exact) mass is 338 g/mol. The second kappa shape index (κ2) is 8.60. The first-order valence-electron chi connectivity index (χ1n) is 9.17. The van der Waals surface area contributed by atoms with E-state index in [0.29, 0.717) is 11.7 Å². The maximum Gasteiger partial charge on any atom is 0.270 e. The maximum atomic E-state index is 12.5. The van der Waals surface area contributed by atoms with Crippen LogP contribution in [0.3, 0.4) is 0 Å². The number of carbonyl (C=O) groups excluding carboxylic acids is 1. The first kappa shape index (κ1) is 17.4. The molecule has 1 atom stereocenters. The van der Waals surface area contributed by atoms with E-state index in [4.69, 9.17) is 0 Å². The third kappa shape index (κ3) is 5.02. The molecule has 1 heterocycles. The highest BCUT2D eigenvalue weighted by molar-refractivity contribution is 5.93. The number of benzene rings is 1. The van der Waals surface area contributed by atoms with Crippen molar-refractivity contribution in [1.29, 1.82) is 0 Å². The molecule has 1 amide bonds. The fourth-order valence-electron chi connectivity index (χ4n) is 3.29. The Morgan fingerprint density at radius 1 is 1.08 bits per heavy atom. The lowest BCUT2D eigenvalue weighted by Crippen LogP contribution is -2.28. The van der Waals surface area contributed by atoms with Crippen LogP contribution in [0.25, 0.3) is 0 Å². The van der Waals surface area contributed by atoms with Crippen LogP contribution in [0, 0.1) is 0 Å². The van der Waals surface area contributed by atoms with Crippen LogP contribution in [0.15, 0.2) is 42.7 Å². The van der Waals surface area contributed by atoms with Crippen molar-refractivity contribution in [2.24, 2.45) is 0 Å². The largest absolute Gasteiger partial charge is 0.367 e. The Labute approximate surface area is 149 Å². The Bertz CT molecular complexity index is 681. The molecule has 1 aromatic heterocycles. The molecule has 25 heavy (non-hydrogen) atoms. The van der Waals surface area contributed by atoms with E-state index in [1.165, 1.54) is 32.0 Å².